The first-order valence-electron chi connectivity index (χ1n) is 6.41. The molecule has 3 aromatic rings. The monoisotopic (exact) mass is 334 g/mol. The number of methoxy groups -OCH3 is 2. The van der Waals surface area contributed by atoms with Crippen LogP contribution in [0.25, 0.3) is 22.0 Å². The van der Waals surface area contributed by atoms with Gasteiger partial charge in [0.2, 0.25) is 0 Å². The van der Waals surface area contributed by atoms with Gasteiger partial charge in [-0.2, -0.15) is 0 Å². The summed E-state index contributed by atoms with van der Waals surface area (Å²) in [6.07, 6.45) is 1.77. The first-order chi connectivity index (χ1) is 10.3. The van der Waals surface area contributed by atoms with Gasteiger partial charge < -0.3 is 9.47 Å². The van der Waals surface area contributed by atoms with Crippen LogP contribution in [0.3, 0.4) is 0 Å². The van der Waals surface area contributed by atoms with Crippen molar-refractivity contribution in [3.05, 3.63) is 48.0 Å². The first-order valence-corrected chi connectivity index (χ1v) is 7.29. The highest BCUT2D eigenvalue weighted by Crippen LogP contribution is 2.34. The van der Waals surface area contributed by atoms with E-state index in [1.807, 2.05) is 41.8 Å². The second-order valence-corrected chi connectivity index (χ2v) is 5.18. The minimum Gasteiger partial charge on any atom is -0.493 e. The zero-order valence-corrected chi connectivity index (χ0v) is 13.8. The summed E-state index contributed by atoms with van der Waals surface area (Å²) in [6, 6.07) is 11.6. The predicted molar refractivity (Wildman–Crippen MR) is 91.1 cm³/mol. The van der Waals surface area contributed by atoms with E-state index in [2.05, 4.69) is 9.97 Å². The Hall–Kier alpha value is -2.11. The Bertz CT molecular complexity index is 747. The molecule has 6 heteroatoms. The van der Waals surface area contributed by atoms with Gasteiger partial charge in [0.15, 0.2) is 11.5 Å². The second kappa shape index (κ2) is 7.24. The minimum absolute atomic E-state index is 0. The third-order valence-electron chi connectivity index (χ3n) is 3.06. The average molecular weight is 335 g/mol. The standard InChI is InChI=1S/C16H14N2O2S.ClH/c1-19-14-7-6-11(9-15(14)20-2)16-18-13(10-21-16)12-5-3-4-8-17-12;/h3-10H,1-2H3;1H. The van der Waals surface area contributed by atoms with E-state index in [-0.39, 0.29) is 12.4 Å². The van der Waals surface area contributed by atoms with Crippen LogP contribution < -0.4 is 9.47 Å². The second-order valence-electron chi connectivity index (χ2n) is 4.32. The summed E-state index contributed by atoms with van der Waals surface area (Å²) in [7, 11) is 3.25. The quantitative estimate of drug-likeness (QED) is 0.713. The number of halogens is 1. The molecule has 0 aliphatic heterocycles. The Morgan fingerprint density at radius 3 is 2.45 bits per heavy atom. The fraction of sp³-hybridized carbons (Fsp3) is 0.125. The normalized spacial score (nSPS) is 9.91. The summed E-state index contributed by atoms with van der Waals surface area (Å²) in [5, 5.41) is 2.94. The van der Waals surface area contributed by atoms with Gasteiger partial charge in [-0.1, -0.05) is 6.07 Å². The molecule has 0 unspecified atom stereocenters. The smallest absolute Gasteiger partial charge is 0.161 e. The molecule has 114 valence electrons. The number of ether oxygens (including phenoxy) is 2. The molecule has 0 fully saturated rings. The number of hydrogen-bond acceptors (Lipinski definition) is 5. The molecule has 0 saturated carbocycles. The van der Waals surface area contributed by atoms with Crippen LogP contribution >= 0.6 is 23.7 Å². The molecule has 2 heterocycles. The zero-order chi connectivity index (χ0) is 14.7. The summed E-state index contributed by atoms with van der Waals surface area (Å²) in [5.41, 5.74) is 2.76. The summed E-state index contributed by atoms with van der Waals surface area (Å²) in [5.74, 6) is 1.41. The first kappa shape index (κ1) is 16.3. The Labute approximate surface area is 139 Å². The Balaban J connectivity index is 0.00000176. The molecule has 0 N–H and O–H groups in total. The average Bonchev–Trinajstić information content (AvgIpc) is 3.05. The van der Waals surface area contributed by atoms with Crippen molar-refractivity contribution in [1.29, 1.82) is 0 Å². The van der Waals surface area contributed by atoms with Gasteiger partial charge in [0.1, 0.15) is 10.7 Å². The minimum atomic E-state index is 0. The maximum atomic E-state index is 5.33. The van der Waals surface area contributed by atoms with Gasteiger partial charge >= 0.3 is 0 Å². The molecule has 0 amide bonds. The lowest BCUT2D eigenvalue weighted by Gasteiger charge is -2.08. The van der Waals surface area contributed by atoms with Crippen molar-refractivity contribution in [2.24, 2.45) is 0 Å². The van der Waals surface area contributed by atoms with Crippen molar-refractivity contribution in [2.45, 2.75) is 0 Å². The van der Waals surface area contributed by atoms with Gasteiger partial charge in [-0.3, -0.25) is 4.98 Å². The predicted octanol–water partition coefficient (Wildman–Crippen LogP) is 4.31. The molecule has 22 heavy (non-hydrogen) atoms. The van der Waals surface area contributed by atoms with Crippen molar-refractivity contribution in [3.63, 3.8) is 0 Å². The Kier molecular flexibility index (Phi) is 5.35. The molecule has 0 saturated heterocycles. The van der Waals surface area contributed by atoms with Gasteiger partial charge in [-0.05, 0) is 30.3 Å². The maximum Gasteiger partial charge on any atom is 0.161 e. The Morgan fingerprint density at radius 2 is 1.77 bits per heavy atom. The van der Waals surface area contributed by atoms with Crippen LogP contribution in [-0.4, -0.2) is 24.2 Å². The lowest BCUT2D eigenvalue weighted by molar-refractivity contribution is 0.355. The molecule has 0 spiro atoms. The summed E-state index contributed by atoms with van der Waals surface area (Å²) < 4.78 is 10.6. The highest BCUT2D eigenvalue weighted by molar-refractivity contribution is 7.13. The molecule has 0 atom stereocenters. The highest BCUT2D eigenvalue weighted by atomic mass is 35.5. The summed E-state index contributed by atoms with van der Waals surface area (Å²) in [4.78, 5) is 8.96. The SMILES string of the molecule is COc1ccc(-c2nc(-c3ccccn3)cs2)cc1OC.Cl. The molecule has 0 radical (unpaired) electrons. The Morgan fingerprint density at radius 1 is 0.955 bits per heavy atom. The van der Waals surface area contributed by atoms with Crippen molar-refractivity contribution >= 4 is 23.7 Å². The van der Waals surface area contributed by atoms with Crippen LogP contribution in [0, 0.1) is 0 Å². The van der Waals surface area contributed by atoms with Crippen LogP contribution in [0.15, 0.2) is 48.0 Å². The number of thiazole rings is 1. The number of pyridine rings is 1. The number of benzene rings is 1. The molecular formula is C16H15ClN2O2S. The third-order valence-corrected chi connectivity index (χ3v) is 3.95. The number of hydrogen-bond donors (Lipinski definition) is 0. The summed E-state index contributed by atoms with van der Waals surface area (Å²) in [6.45, 7) is 0. The van der Waals surface area contributed by atoms with Crippen LogP contribution in [0.5, 0.6) is 11.5 Å². The summed E-state index contributed by atoms with van der Waals surface area (Å²) >= 11 is 1.58. The van der Waals surface area contributed by atoms with Crippen molar-refractivity contribution in [3.8, 4) is 33.5 Å². The van der Waals surface area contributed by atoms with Gasteiger partial charge in [0.05, 0.1) is 19.9 Å². The van der Waals surface area contributed by atoms with Crippen LogP contribution in [0.1, 0.15) is 0 Å². The lowest BCUT2D eigenvalue weighted by Crippen LogP contribution is -1.90. The number of aromatic nitrogens is 2. The van der Waals surface area contributed by atoms with E-state index in [4.69, 9.17) is 9.47 Å². The molecule has 0 aliphatic rings. The highest BCUT2D eigenvalue weighted by Gasteiger charge is 2.10. The van der Waals surface area contributed by atoms with E-state index in [0.717, 1.165) is 22.0 Å². The van der Waals surface area contributed by atoms with Gasteiger partial charge in [0, 0.05) is 17.1 Å². The maximum absolute atomic E-state index is 5.33. The van der Waals surface area contributed by atoms with Crippen LogP contribution in [0.4, 0.5) is 0 Å². The molecule has 4 nitrogen and oxygen atoms in total. The third kappa shape index (κ3) is 3.21. The van der Waals surface area contributed by atoms with Crippen LogP contribution in [-0.2, 0) is 0 Å². The molecule has 0 bridgehead atoms. The fourth-order valence-corrected chi connectivity index (χ4v) is 2.82. The van der Waals surface area contributed by atoms with Crippen molar-refractivity contribution < 1.29 is 9.47 Å². The van der Waals surface area contributed by atoms with E-state index in [1.165, 1.54) is 0 Å². The largest absolute Gasteiger partial charge is 0.493 e. The molecule has 2 aromatic heterocycles. The van der Waals surface area contributed by atoms with E-state index in [0.29, 0.717) is 11.5 Å². The number of rotatable bonds is 4. The van der Waals surface area contributed by atoms with E-state index in [9.17, 15) is 0 Å². The van der Waals surface area contributed by atoms with E-state index in [1.54, 1.807) is 31.8 Å². The van der Waals surface area contributed by atoms with Crippen molar-refractivity contribution in [2.75, 3.05) is 14.2 Å². The molecule has 0 aliphatic carbocycles. The number of nitrogens with zero attached hydrogens (tertiary/aromatic N) is 2. The van der Waals surface area contributed by atoms with E-state index >= 15 is 0 Å². The van der Waals surface area contributed by atoms with Crippen LogP contribution in [0.2, 0.25) is 0 Å². The zero-order valence-electron chi connectivity index (χ0n) is 12.1. The molecular weight excluding hydrogens is 320 g/mol. The van der Waals surface area contributed by atoms with Crippen molar-refractivity contribution in [1.82, 2.24) is 9.97 Å². The van der Waals surface area contributed by atoms with Gasteiger partial charge in [-0.25, -0.2) is 4.98 Å². The van der Waals surface area contributed by atoms with Gasteiger partial charge in [0.25, 0.3) is 0 Å². The van der Waals surface area contributed by atoms with E-state index < -0.39 is 0 Å². The lowest BCUT2D eigenvalue weighted by atomic mass is 10.2. The van der Waals surface area contributed by atoms with Gasteiger partial charge in [-0.15, -0.1) is 23.7 Å². The molecule has 3 rings (SSSR count). The fourth-order valence-electron chi connectivity index (χ4n) is 2.01. The topological polar surface area (TPSA) is 44.2 Å². The molecule has 1 aromatic carbocycles.